The highest BCUT2D eigenvalue weighted by atomic mass is 32.2. The predicted octanol–water partition coefficient (Wildman–Crippen LogP) is -0.840. The lowest BCUT2D eigenvalue weighted by molar-refractivity contribution is -0.0565. The number of ether oxygens (including phenoxy) is 1. The summed E-state index contributed by atoms with van der Waals surface area (Å²) in [5.74, 6) is 0. The van der Waals surface area contributed by atoms with Crippen molar-refractivity contribution in [2.45, 2.75) is 29.6 Å². The molecule has 1 saturated heterocycles. The van der Waals surface area contributed by atoms with E-state index >= 15 is 0 Å². The van der Waals surface area contributed by atoms with Crippen molar-refractivity contribution in [2.24, 2.45) is 0 Å². The fourth-order valence-electron chi connectivity index (χ4n) is 2.28. The first-order valence-corrected chi connectivity index (χ1v) is 7.24. The quantitative estimate of drug-likeness (QED) is 0.496. The maximum Gasteiger partial charge on any atom is 0.179 e. The summed E-state index contributed by atoms with van der Waals surface area (Å²) in [7, 11) is 0. The fourth-order valence-corrected chi connectivity index (χ4v) is 2.83. The number of nitrogens with zero attached hydrogens (tertiary/aromatic N) is 4. The molecule has 20 heavy (non-hydrogen) atoms. The topological polar surface area (TPSA) is 114 Å². The van der Waals surface area contributed by atoms with Crippen molar-refractivity contribution >= 4 is 22.8 Å². The van der Waals surface area contributed by atoms with Gasteiger partial charge in [0.25, 0.3) is 0 Å². The van der Waals surface area contributed by atoms with Crippen LogP contribution in [0.2, 0.25) is 0 Å². The second kappa shape index (κ2) is 5.26. The van der Waals surface area contributed by atoms with E-state index in [1.165, 1.54) is 22.8 Å². The van der Waals surface area contributed by atoms with Crippen molar-refractivity contribution in [3.8, 4) is 0 Å². The number of hydrogen-bond donors (Lipinski definition) is 3. The van der Waals surface area contributed by atoms with Crippen molar-refractivity contribution in [2.75, 3.05) is 12.9 Å². The molecule has 0 spiro atoms. The molecule has 2 aromatic heterocycles. The molecule has 1 aliphatic heterocycles. The van der Waals surface area contributed by atoms with Crippen LogP contribution in [0.25, 0.3) is 11.0 Å². The molecular formula is C11H14N4O4S. The van der Waals surface area contributed by atoms with Gasteiger partial charge in [-0.25, -0.2) is 14.6 Å². The Labute approximate surface area is 118 Å². The summed E-state index contributed by atoms with van der Waals surface area (Å²) in [6.07, 6.45) is 0.810. The van der Waals surface area contributed by atoms with Crippen LogP contribution in [0.5, 0.6) is 0 Å². The number of aliphatic hydroxyl groups excluding tert-OH is 3. The molecule has 2 aromatic rings. The van der Waals surface area contributed by atoms with Crippen LogP contribution in [0.3, 0.4) is 0 Å². The van der Waals surface area contributed by atoms with Gasteiger partial charge >= 0.3 is 0 Å². The Morgan fingerprint density at radius 2 is 2.15 bits per heavy atom. The first kappa shape index (κ1) is 13.7. The predicted molar refractivity (Wildman–Crippen MR) is 70.1 cm³/mol. The highest BCUT2D eigenvalue weighted by molar-refractivity contribution is 7.98. The third-order valence-corrected chi connectivity index (χ3v) is 3.99. The second-order valence-corrected chi connectivity index (χ2v) is 5.23. The van der Waals surface area contributed by atoms with E-state index in [4.69, 9.17) is 9.84 Å². The van der Waals surface area contributed by atoms with E-state index in [2.05, 4.69) is 15.1 Å². The van der Waals surface area contributed by atoms with Gasteiger partial charge in [-0.3, -0.25) is 0 Å². The molecule has 3 heterocycles. The van der Waals surface area contributed by atoms with Gasteiger partial charge in [0.15, 0.2) is 6.23 Å². The summed E-state index contributed by atoms with van der Waals surface area (Å²) < 4.78 is 6.92. The maximum atomic E-state index is 10.1. The summed E-state index contributed by atoms with van der Waals surface area (Å²) in [5, 5.41) is 33.9. The number of thioether (sulfide) groups is 1. The molecule has 0 unspecified atom stereocenters. The van der Waals surface area contributed by atoms with Crippen LogP contribution >= 0.6 is 11.8 Å². The van der Waals surface area contributed by atoms with E-state index in [1.807, 2.05) is 6.26 Å². The highest BCUT2D eigenvalue weighted by Crippen LogP contribution is 2.33. The van der Waals surface area contributed by atoms with E-state index in [-0.39, 0.29) is 6.61 Å². The van der Waals surface area contributed by atoms with Crippen molar-refractivity contribution in [3.63, 3.8) is 0 Å². The standard InChI is InChI=1S/C11H14N4O4S/c1-20-10-7-5(12-4-13-10)2-14-15(7)11-9(18)8(17)6(3-16)19-11/h2,4,6,8-9,11,16-18H,3H2,1H3/t6-,8+,9-,11-/m1/s1. The molecule has 0 amide bonds. The number of aromatic nitrogens is 4. The maximum absolute atomic E-state index is 10.1. The Bertz CT molecular complexity index is 621. The van der Waals surface area contributed by atoms with Crippen LogP contribution in [-0.2, 0) is 4.74 Å². The molecule has 8 nitrogen and oxygen atoms in total. The Balaban J connectivity index is 2.07. The van der Waals surface area contributed by atoms with Crippen molar-refractivity contribution in [1.82, 2.24) is 19.7 Å². The van der Waals surface area contributed by atoms with Crippen LogP contribution in [0.15, 0.2) is 17.6 Å². The molecule has 0 aliphatic carbocycles. The molecule has 0 radical (unpaired) electrons. The molecule has 4 atom stereocenters. The Hall–Kier alpha value is -1.26. The average molecular weight is 298 g/mol. The molecule has 1 aliphatic rings. The van der Waals surface area contributed by atoms with Gasteiger partial charge in [-0.15, -0.1) is 11.8 Å². The van der Waals surface area contributed by atoms with E-state index < -0.39 is 24.5 Å². The lowest BCUT2D eigenvalue weighted by Crippen LogP contribution is -2.33. The normalized spacial score (nSPS) is 30.2. The van der Waals surface area contributed by atoms with Gasteiger partial charge in [0, 0.05) is 0 Å². The molecular weight excluding hydrogens is 284 g/mol. The Kier molecular flexibility index (Phi) is 3.61. The van der Waals surface area contributed by atoms with Gasteiger partial charge in [0.2, 0.25) is 0 Å². The molecule has 9 heteroatoms. The lowest BCUT2D eigenvalue weighted by atomic mass is 10.1. The van der Waals surface area contributed by atoms with Crippen molar-refractivity contribution in [3.05, 3.63) is 12.5 Å². The summed E-state index contributed by atoms with van der Waals surface area (Å²) in [5.41, 5.74) is 1.26. The molecule has 1 fully saturated rings. The first-order chi connectivity index (χ1) is 9.67. The minimum absolute atomic E-state index is 0.375. The Morgan fingerprint density at radius 3 is 2.80 bits per heavy atom. The van der Waals surface area contributed by atoms with Gasteiger partial charge < -0.3 is 20.1 Å². The van der Waals surface area contributed by atoms with Gasteiger partial charge in [-0.1, -0.05) is 0 Å². The van der Waals surface area contributed by atoms with Gasteiger partial charge in [0.05, 0.1) is 12.8 Å². The van der Waals surface area contributed by atoms with Gasteiger partial charge in [0.1, 0.15) is 40.7 Å². The van der Waals surface area contributed by atoms with Crippen LogP contribution in [0, 0.1) is 0 Å². The minimum atomic E-state index is -1.18. The zero-order chi connectivity index (χ0) is 14.3. The minimum Gasteiger partial charge on any atom is -0.394 e. The van der Waals surface area contributed by atoms with Gasteiger partial charge in [-0.05, 0) is 6.26 Å². The molecule has 0 aromatic carbocycles. The number of hydrogen-bond acceptors (Lipinski definition) is 8. The monoisotopic (exact) mass is 298 g/mol. The Morgan fingerprint density at radius 1 is 1.35 bits per heavy atom. The highest BCUT2D eigenvalue weighted by Gasteiger charge is 2.44. The number of aliphatic hydroxyl groups is 3. The average Bonchev–Trinajstić information content (AvgIpc) is 3.01. The smallest absolute Gasteiger partial charge is 0.179 e. The molecule has 3 N–H and O–H groups in total. The summed E-state index contributed by atoms with van der Waals surface area (Å²) in [4.78, 5) is 8.26. The number of fused-ring (bicyclic) bond motifs is 1. The van der Waals surface area contributed by atoms with Crippen molar-refractivity contribution in [1.29, 1.82) is 0 Å². The zero-order valence-electron chi connectivity index (χ0n) is 10.6. The van der Waals surface area contributed by atoms with Crippen LogP contribution < -0.4 is 0 Å². The third-order valence-electron chi connectivity index (χ3n) is 3.30. The van der Waals surface area contributed by atoms with E-state index in [0.29, 0.717) is 16.1 Å². The third kappa shape index (κ3) is 1.98. The SMILES string of the molecule is CSc1ncnc2cnn([C@@H]3O[C@H](CO)[C@H](O)[C@H]3O)c12. The molecule has 108 valence electrons. The van der Waals surface area contributed by atoms with E-state index in [9.17, 15) is 10.2 Å². The van der Waals surface area contributed by atoms with Crippen molar-refractivity contribution < 1.29 is 20.1 Å². The van der Waals surface area contributed by atoms with Crippen LogP contribution in [0.1, 0.15) is 6.23 Å². The largest absolute Gasteiger partial charge is 0.394 e. The van der Waals surface area contributed by atoms with Crippen LogP contribution in [-0.4, -0.2) is 66.2 Å². The fraction of sp³-hybridized carbons (Fsp3) is 0.545. The lowest BCUT2D eigenvalue weighted by Gasteiger charge is -2.16. The van der Waals surface area contributed by atoms with Crippen LogP contribution in [0.4, 0.5) is 0 Å². The summed E-state index contributed by atoms with van der Waals surface area (Å²) in [6, 6.07) is 0. The molecule has 3 rings (SSSR count). The second-order valence-electron chi connectivity index (χ2n) is 4.43. The zero-order valence-corrected chi connectivity index (χ0v) is 11.4. The number of rotatable bonds is 3. The van der Waals surface area contributed by atoms with E-state index in [0.717, 1.165) is 0 Å². The summed E-state index contributed by atoms with van der Waals surface area (Å²) in [6.45, 7) is -0.375. The van der Waals surface area contributed by atoms with E-state index in [1.54, 1.807) is 6.20 Å². The first-order valence-electron chi connectivity index (χ1n) is 6.02. The molecule has 0 bridgehead atoms. The molecule has 0 saturated carbocycles. The van der Waals surface area contributed by atoms with Gasteiger partial charge in [-0.2, -0.15) is 5.10 Å². The summed E-state index contributed by atoms with van der Waals surface area (Å²) >= 11 is 1.42.